The molecule has 0 aromatic carbocycles. The van der Waals surface area contributed by atoms with Gasteiger partial charge in [0.1, 0.15) is 10.6 Å². The highest BCUT2D eigenvalue weighted by Crippen LogP contribution is 2.29. The van der Waals surface area contributed by atoms with Crippen molar-refractivity contribution in [3.05, 3.63) is 10.9 Å². The summed E-state index contributed by atoms with van der Waals surface area (Å²) in [6.07, 6.45) is 0.971. The zero-order valence-electron chi connectivity index (χ0n) is 12.3. The van der Waals surface area contributed by atoms with Crippen LogP contribution >= 0.6 is 11.3 Å². The Morgan fingerprint density at radius 2 is 2.10 bits per heavy atom. The predicted octanol–water partition coefficient (Wildman–Crippen LogP) is 3.27. The van der Waals surface area contributed by atoms with Gasteiger partial charge in [-0.05, 0) is 33.3 Å². The predicted molar refractivity (Wildman–Crippen MR) is 85.9 cm³/mol. The van der Waals surface area contributed by atoms with Crippen molar-refractivity contribution < 1.29 is 4.74 Å². The third kappa shape index (κ3) is 3.80. The fraction of sp³-hybridized carbons (Fsp3) is 0.571. The Labute approximate surface area is 123 Å². The lowest BCUT2D eigenvalue weighted by molar-refractivity contribution is 0.147. The first-order valence-electron chi connectivity index (χ1n) is 7.08. The molecule has 0 atom stereocenters. The van der Waals surface area contributed by atoms with Gasteiger partial charge in [-0.1, -0.05) is 0 Å². The van der Waals surface area contributed by atoms with Crippen molar-refractivity contribution in [3.63, 3.8) is 0 Å². The van der Waals surface area contributed by atoms with Crippen LogP contribution in [0.3, 0.4) is 0 Å². The maximum Gasteiger partial charge on any atom is 0.226 e. The van der Waals surface area contributed by atoms with Gasteiger partial charge >= 0.3 is 0 Å². The number of hydrogen-bond donors (Lipinski definition) is 2. The van der Waals surface area contributed by atoms with Crippen LogP contribution in [-0.2, 0) is 4.74 Å². The lowest BCUT2D eigenvalue weighted by atomic mass is 10.3. The standard InChI is InChI=1S/C14H22N4OS/c1-4-15-14-17-12(16-7-6-8-19-5-2)11-9-10(3)20-13(11)18-14/h9H,4-8H2,1-3H3,(H2,15,16,17,18). The Balaban J connectivity index is 2.12. The minimum Gasteiger partial charge on any atom is -0.382 e. The van der Waals surface area contributed by atoms with E-state index in [-0.39, 0.29) is 0 Å². The third-order valence-corrected chi connectivity index (χ3v) is 3.76. The summed E-state index contributed by atoms with van der Waals surface area (Å²) in [4.78, 5) is 11.4. The van der Waals surface area contributed by atoms with Crippen LogP contribution in [0.4, 0.5) is 11.8 Å². The van der Waals surface area contributed by atoms with Gasteiger partial charge < -0.3 is 15.4 Å². The molecule has 2 aromatic heterocycles. The first-order chi connectivity index (χ1) is 9.74. The van der Waals surface area contributed by atoms with E-state index in [4.69, 9.17) is 4.74 Å². The highest BCUT2D eigenvalue weighted by Gasteiger charge is 2.09. The summed E-state index contributed by atoms with van der Waals surface area (Å²) >= 11 is 1.70. The number of nitrogens with one attached hydrogen (secondary N) is 2. The summed E-state index contributed by atoms with van der Waals surface area (Å²) in [7, 11) is 0. The first-order valence-corrected chi connectivity index (χ1v) is 7.90. The molecule has 2 aromatic rings. The minimum atomic E-state index is 0.689. The molecule has 0 fully saturated rings. The van der Waals surface area contributed by atoms with Gasteiger partial charge in [-0.2, -0.15) is 4.98 Å². The van der Waals surface area contributed by atoms with E-state index in [9.17, 15) is 0 Å². The number of hydrogen-bond acceptors (Lipinski definition) is 6. The molecule has 5 nitrogen and oxygen atoms in total. The Morgan fingerprint density at radius 3 is 2.85 bits per heavy atom. The minimum absolute atomic E-state index is 0.689. The van der Waals surface area contributed by atoms with Crippen LogP contribution in [0.1, 0.15) is 25.1 Å². The van der Waals surface area contributed by atoms with E-state index in [1.165, 1.54) is 4.88 Å². The fourth-order valence-corrected chi connectivity index (χ4v) is 2.82. The summed E-state index contributed by atoms with van der Waals surface area (Å²) in [5.41, 5.74) is 0. The second-order valence-electron chi connectivity index (χ2n) is 4.48. The summed E-state index contributed by atoms with van der Waals surface area (Å²) < 4.78 is 5.34. The molecule has 6 heteroatoms. The summed E-state index contributed by atoms with van der Waals surface area (Å²) in [6.45, 7) is 9.37. The average Bonchev–Trinajstić information content (AvgIpc) is 2.79. The van der Waals surface area contributed by atoms with Gasteiger partial charge in [0.15, 0.2) is 0 Å². The van der Waals surface area contributed by atoms with Gasteiger partial charge in [0, 0.05) is 31.2 Å². The molecule has 0 bridgehead atoms. The van der Waals surface area contributed by atoms with Crippen molar-refractivity contribution in [2.45, 2.75) is 27.2 Å². The highest BCUT2D eigenvalue weighted by atomic mass is 32.1. The van der Waals surface area contributed by atoms with Gasteiger partial charge in [0.25, 0.3) is 0 Å². The largest absolute Gasteiger partial charge is 0.382 e. The number of aryl methyl sites for hydroxylation is 1. The van der Waals surface area contributed by atoms with Crippen molar-refractivity contribution in [3.8, 4) is 0 Å². The molecule has 2 heterocycles. The molecule has 110 valence electrons. The van der Waals surface area contributed by atoms with E-state index < -0.39 is 0 Å². The number of anilines is 2. The van der Waals surface area contributed by atoms with E-state index in [0.717, 1.165) is 48.8 Å². The Hall–Kier alpha value is -1.40. The van der Waals surface area contributed by atoms with Crippen LogP contribution in [0, 0.1) is 6.92 Å². The van der Waals surface area contributed by atoms with Crippen LogP contribution in [0.15, 0.2) is 6.07 Å². The summed E-state index contributed by atoms with van der Waals surface area (Å²) in [5, 5.41) is 7.68. The molecular weight excluding hydrogens is 272 g/mol. The molecule has 2 rings (SSSR count). The Bertz CT molecular complexity index is 555. The lowest BCUT2D eigenvalue weighted by Crippen LogP contribution is -2.09. The Kier molecular flexibility index (Phi) is 5.55. The topological polar surface area (TPSA) is 59.1 Å². The highest BCUT2D eigenvalue weighted by molar-refractivity contribution is 7.18. The van der Waals surface area contributed by atoms with Crippen molar-refractivity contribution >= 4 is 33.3 Å². The maximum absolute atomic E-state index is 5.34. The molecule has 0 aliphatic carbocycles. The number of nitrogens with zero attached hydrogens (tertiary/aromatic N) is 2. The van der Waals surface area contributed by atoms with Crippen LogP contribution in [-0.4, -0.2) is 36.3 Å². The molecule has 20 heavy (non-hydrogen) atoms. The number of thiophene rings is 1. The number of rotatable bonds is 8. The molecule has 0 saturated carbocycles. The smallest absolute Gasteiger partial charge is 0.226 e. The van der Waals surface area contributed by atoms with E-state index in [1.54, 1.807) is 11.3 Å². The van der Waals surface area contributed by atoms with E-state index in [0.29, 0.717) is 5.95 Å². The van der Waals surface area contributed by atoms with Gasteiger partial charge in [0.2, 0.25) is 5.95 Å². The average molecular weight is 294 g/mol. The summed E-state index contributed by atoms with van der Waals surface area (Å²) in [6, 6.07) is 2.14. The van der Waals surface area contributed by atoms with Crippen LogP contribution in [0.2, 0.25) is 0 Å². The lowest BCUT2D eigenvalue weighted by Gasteiger charge is -2.09. The SMILES string of the molecule is CCNc1nc(NCCCOCC)c2cc(C)sc2n1. The number of fused-ring (bicyclic) bond motifs is 1. The second kappa shape index (κ2) is 7.40. The molecular formula is C14H22N4OS. The summed E-state index contributed by atoms with van der Waals surface area (Å²) in [5.74, 6) is 1.60. The zero-order valence-corrected chi connectivity index (χ0v) is 13.1. The van der Waals surface area contributed by atoms with Gasteiger partial charge in [-0.15, -0.1) is 11.3 Å². The van der Waals surface area contributed by atoms with Crippen LogP contribution in [0.5, 0.6) is 0 Å². The first kappa shape index (κ1) is 15.0. The second-order valence-corrected chi connectivity index (χ2v) is 5.71. The van der Waals surface area contributed by atoms with Crippen LogP contribution in [0.25, 0.3) is 10.2 Å². The fourth-order valence-electron chi connectivity index (χ4n) is 1.94. The van der Waals surface area contributed by atoms with Crippen molar-refractivity contribution in [2.24, 2.45) is 0 Å². The van der Waals surface area contributed by atoms with Crippen molar-refractivity contribution in [1.82, 2.24) is 9.97 Å². The van der Waals surface area contributed by atoms with E-state index >= 15 is 0 Å². The molecule has 2 N–H and O–H groups in total. The van der Waals surface area contributed by atoms with Gasteiger partial charge in [-0.25, -0.2) is 4.98 Å². The molecule has 0 unspecified atom stereocenters. The third-order valence-electron chi connectivity index (χ3n) is 2.81. The number of ether oxygens (including phenoxy) is 1. The molecule has 0 spiro atoms. The number of aromatic nitrogens is 2. The van der Waals surface area contributed by atoms with Crippen molar-refractivity contribution in [1.29, 1.82) is 0 Å². The molecule has 0 saturated heterocycles. The quantitative estimate of drug-likeness (QED) is 0.732. The molecule has 0 aliphatic heterocycles. The maximum atomic E-state index is 5.34. The zero-order chi connectivity index (χ0) is 14.4. The normalized spacial score (nSPS) is 10.9. The Morgan fingerprint density at radius 1 is 1.25 bits per heavy atom. The van der Waals surface area contributed by atoms with E-state index in [1.807, 2.05) is 13.8 Å². The van der Waals surface area contributed by atoms with Crippen LogP contribution < -0.4 is 10.6 Å². The van der Waals surface area contributed by atoms with Crippen molar-refractivity contribution in [2.75, 3.05) is 36.9 Å². The molecule has 0 amide bonds. The molecule has 0 radical (unpaired) electrons. The molecule has 0 aliphatic rings. The monoisotopic (exact) mass is 294 g/mol. The van der Waals surface area contributed by atoms with Gasteiger partial charge in [-0.3, -0.25) is 0 Å². The van der Waals surface area contributed by atoms with Gasteiger partial charge in [0.05, 0.1) is 5.39 Å². The van der Waals surface area contributed by atoms with E-state index in [2.05, 4.69) is 33.6 Å².